The Morgan fingerprint density at radius 2 is 2.07 bits per heavy atom. The Morgan fingerprint density at radius 3 is 2.74 bits per heavy atom. The Morgan fingerprint density at radius 1 is 1.30 bits per heavy atom. The minimum Gasteiger partial charge on any atom is -0.333 e. The summed E-state index contributed by atoms with van der Waals surface area (Å²) >= 11 is 5.75. The number of piperazine rings is 1. The Balaban J connectivity index is 1.67. The molecule has 2 heterocycles. The number of carbonyl (C=O) groups excluding carboxylic acids is 2. The van der Waals surface area contributed by atoms with E-state index in [0.29, 0.717) is 31.9 Å². The molecule has 1 aliphatic rings. The molecule has 1 aromatic heterocycles. The third-order valence-electron chi connectivity index (χ3n) is 4.55. The van der Waals surface area contributed by atoms with Crippen LogP contribution in [-0.2, 0) is 6.54 Å². The molecule has 1 atom stereocenters. The number of halogens is 2. The fourth-order valence-electron chi connectivity index (χ4n) is 3.16. The van der Waals surface area contributed by atoms with Crippen LogP contribution in [-0.4, -0.2) is 62.3 Å². The van der Waals surface area contributed by atoms with E-state index >= 15 is 0 Å². The summed E-state index contributed by atoms with van der Waals surface area (Å²) in [4.78, 5) is 28.5. The number of rotatable bonds is 4. The Hall–Kier alpha value is -2.48. The van der Waals surface area contributed by atoms with Gasteiger partial charge in [0.05, 0.1) is 11.8 Å². The maximum Gasteiger partial charge on any atom is 0.276 e. The summed E-state index contributed by atoms with van der Waals surface area (Å²) in [5.41, 5.74) is 0.271. The highest BCUT2D eigenvalue weighted by Gasteiger charge is 2.32. The molecule has 0 spiro atoms. The molecule has 0 N–H and O–H groups in total. The average Bonchev–Trinajstić information content (AvgIpc) is 3.09. The van der Waals surface area contributed by atoms with E-state index in [1.165, 1.54) is 12.1 Å². The number of aryl methyl sites for hydroxylation is 1. The lowest BCUT2D eigenvalue weighted by Crippen LogP contribution is -2.55. The van der Waals surface area contributed by atoms with Crippen molar-refractivity contribution in [3.05, 3.63) is 46.5 Å². The first-order valence-corrected chi connectivity index (χ1v) is 9.24. The van der Waals surface area contributed by atoms with Crippen molar-refractivity contribution >= 4 is 23.4 Å². The highest BCUT2D eigenvalue weighted by molar-refractivity contribution is 6.30. The van der Waals surface area contributed by atoms with E-state index in [-0.39, 0.29) is 22.5 Å². The molecule has 2 aromatic rings. The minimum atomic E-state index is -0.647. The van der Waals surface area contributed by atoms with Crippen molar-refractivity contribution in [1.82, 2.24) is 24.8 Å². The van der Waals surface area contributed by atoms with Crippen LogP contribution in [0.25, 0.3) is 0 Å². The van der Waals surface area contributed by atoms with Crippen LogP contribution in [0.3, 0.4) is 0 Å². The van der Waals surface area contributed by atoms with Crippen LogP contribution in [0.4, 0.5) is 4.39 Å². The molecule has 0 radical (unpaired) electrons. The topological polar surface area (TPSA) is 71.3 Å². The molecular formula is C18H21ClFN5O2. The van der Waals surface area contributed by atoms with E-state index in [1.807, 2.05) is 13.8 Å². The predicted octanol–water partition coefficient (Wildman–Crippen LogP) is 2.47. The fraction of sp³-hybridized carbons (Fsp3) is 0.444. The maximum absolute atomic E-state index is 14.1. The number of benzene rings is 1. The molecule has 144 valence electrons. The molecule has 1 unspecified atom stereocenters. The van der Waals surface area contributed by atoms with Crippen LogP contribution in [0.2, 0.25) is 5.02 Å². The largest absolute Gasteiger partial charge is 0.333 e. The summed E-state index contributed by atoms with van der Waals surface area (Å²) in [5.74, 6) is -1.27. The van der Waals surface area contributed by atoms with Gasteiger partial charge in [-0.25, -0.2) is 4.39 Å². The van der Waals surface area contributed by atoms with Crippen LogP contribution < -0.4 is 0 Å². The fourth-order valence-corrected chi connectivity index (χ4v) is 3.32. The Labute approximate surface area is 161 Å². The van der Waals surface area contributed by atoms with Crippen molar-refractivity contribution in [2.75, 3.05) is 19.6 Å². The monoisotopic (exact) mass is 393 g/mol. The van der Waals surface area contributed by atoms with Crippen LogP contribution in [0.15, 0.2) is 24.4 Å². The molecule has 1 fully saturated rings. The average molecular weight is 394 g/mol. The maximum atomic E-state index is 14.1. The van der Waals surface area contributed by atoms with Gasteiger partial charge in [0.1, 0.15) is 5.82 Å². The van der Waals surface area contributed by atoms with Crippen LogP contribution in [0, 0.1) is 5.82 Å². The zero-order chi connectivity index (χ0) is 19.6. The first-order valence-electron chi connectivity index (χ1n) is 8.86. The van der Waals surface area contributed by atoms with Crippen molar-refractivity contribution in [2.24, 2.45) is 0 Å². The normalized spacial score (nSPS) is 17.3. The lowest BCUT2D eigenvalue weighted by Gasteiger charge is -2.39. The number of nitrogens with zero attached hydrogens (tertiary/aromatic N) is 5. The van der Waals surface area contributed by atoms with Crippen LogP contribution >= 0.6 is 11.6 Å². The van der Waals surface area contributed by atoms with E-state index in [2.05, 4.69) is 10.3 Å². The molecule has 0 bridgehead atoms. The zero-order valence-corrected chi connectivity index (χ0v) is 16.0. The lowest BCUT2D eigenvalue weighted by atomic mass is 10.1. The van der Waals surface area contributed by atoms with Gasteiger partial charge in [0.15, 0.2) is 5.69 Å². The molecule has 1 saturated heterocycles. The van der Waals surface area contributed by atoms with Gasteiger partial charge in [0.2, 0.25) is 0 Å². The highest BCUT2D eigenvalue weighted by atomic mass is 35.5. The van der Waals surface area contributed by atoms with E-state index in [9.17, 15) is 14.0 Å². The van der Waals surface area contributed by atoms with Crippen molar-refractivity contribution in [3.8, 4) is 0 Å². The molecule has 7 nitrogen and oxygen atoms in total. The SMILES string of the molecule is CCCn1cc(C(=O)N2CCN(C(=O)c3ccc(Cl)cc3F)C(C)C2)nn1. The molecule has 1 aliphatic heterocycles. The summed E-state index contributed by atoms with van der Waals surface area (Å²) in [5, 5.41) is 8.12. The summed E-state index contributed by atoms with van der Waals surface area (Å²) in [6.07, 6.45) is 2.53. The van der Waals surface area contributed by atoms with Gasteiger partial charge in [-0.15, -0.1) is 5.10 Å². The van der Waals surface area contributed by atoms with Gasteiger partial charge in [0, 0.05) is 37.2 Å². The predicted molar refractivity (Wildman–Crippen MR) is 98.1 cm³/mol. The minimum absolute atomic E-state index is 0.0199. The standard InChI is InChI=1S/C18H21ClFN5O2/c1-3-6-24-11-16(21-22-24)18(27)23-7-8-25(12(2)10-23)17(26)14-5-4-13(19)9-15(14)20/h4-5,9,11-12H,3,6-8,10H2,1-2H3. The Kier molecular flexibility index (Phi) is 5.74. The number of hydrogen-bond acceptors (Lipinski definition) is 4. The first-order chi connectivity index (χ1) is 12.9. The molecule has 0 saturated carbocycles. The van der Waals surface area contributed by atoms with E-state index < -0.39 is 11.7 Å². The first kappa shape index (κ1) is 19.3. The molecule has 9 heteroatoms. The van der Waals surface area contributed by atoms with Crippen molar-refractivity contribution in [3.63, 3.8) is 0 Å². The van der Waals surface area contributed by atoms with Crippen molar-refractivity contribution in [1.29, 1.82) is 0 Å². The van der Waals surface area contributed by atoms with Crippen molar-refractivity contribution < 1.29 is 14.0 Å². The van der Waals surface area contributed by atoms with Gasteiger partial charge in [-0.2, -0.15) is 0 Å². The number of aromatic nitrogens is 3. The molecule has 2 amide bonds. The van der Waals surface area contributed by atoms with Gasteiger partial charge in [-0.1, -0.05) is 23.7 Å². The second-order valence-corrected chi connectivity index (χ2v) is 7.03. The van der Waals surface area contributed by atoms with Gasteiger partial charge in [0.25, 0.3) is 11.8 Å². The van der Waals surface area contributed by atoms with E-state index in [4.69, 9.17) is 11.6 Å². The van der Waals surface area contributed by atoms with Crippen LogP contribution in [0.5, 0.6) is 0 Å². The second-order valence-electron chi connectivity index (χ2n) is 6.59. The third kappa shape index (κ3) is 4.10. The van der Waals surface area contributed by atoms with Gasteiger partial charge < -0.3 is 9.80 Å². The summed E-state index contributed by atoms with van der Waals surface area (Å²) in [6.45, 7) is 5.57. The van der Waals surface area contributed by atoms with Crippen LogP contribution in [0.1, 0.15) is 41.1 Å². The smallest absolute Gasteiger partial charge is 0.276 e. The van der Waals surface area contributed by atoms with Gasteiger partial charge >= 0.3 is 0 Å². The quantitative estimate of drug-likeness (QED) is 0.800. The zero-order valence-electron chi connectivity index (χ0n) is 15.2. The summed E-state index contributed by atoms with van der Waals surface area (Å²) in [7, 11) is 0. The molecular weight excluding hydrogens is 373 g/mol. The molecule has 1 aromatic carbocycles. The molecule has 0 aliphatic carbocycles. The molecule has 3 rings (SSSR count). The van der Waals surface area contributed by atoms with Gasteiger partial charge in [-0.3, -0.25) is 14.3 Å². The van der Waals surface area contributed by atoms with Gasteiger partial charge in [-0.05, 0) is 31.5 Å². The summed E-state index contributed by atoms with van der Waals surface area (Å²) in [6, 6.07) is 3.74. The van der Waals surface area contributed by atoms with E-state index in [1.54, 1.807) is 20.7 Å². The lowest BCUT2D eigenvalue weighted by molar-refractivity contribution is 0.0408. The molecule has 27 heavy (non-hydrogen) atoms. The highest BCUT2D eigenvalue weighted by Crippen LogP contribution is 2.20. The Bertz CT molecular complexity index is 856. The summed E-state index contributed by atoms with van der Waals surface area (Å²) < 4.78 is 15.7. The van der Waals surface area contributed by atoms with Crippen molar-refractivity contribution in [2.45, 2.75) is 32.9 Å². The number of amides is 2. The second kappa shape index (κ2) is 8.04. The number of hydrogen-bond donors (Lipinski definition) is 0. The number of carbonyl (C=O) groups is 2. The third-order valence-corrected chi connectivity index (χ3v) is 4.78. The van der Waals surface area contributed by atoms with E-state index in [0.717, 1.165) is 12.5 Å².